The number of nitrogens with one attached hydrogen (secondary N) is 1. The van der Waals surface area contributed by atoms with Gasteiger partial charge in [0.1, 0.15) is 0 Å². The predicted octanol–water partition coefficient (Wildman–Crippen LogP) is 4.27. The van der Waals surface area contributed by atoms with Gasteiger partial charge in [-0.05, 0) is 43.2 Å². The summed E-state index contributed by atoms with van der Waals surface area (Å²) in [6, 6.07) is 14.2. The van der Waals surface area contributed by atoms with Gasteiger partial charge in [-0.1, -0.05) is 35.6 Å². The van der Waals surface area contributed by atoms with Crippen LogP contribution in [0.25, 0.3) is 10.2 Å². The average molecular weight is 366 g/mol. The van der Waals surface area contributed by atoms with Crippen LogP contribution in [0.4, 0.5) is 15.6 Å². The third kappa shape index (κ3) is 3.37. The number of carbonyl (C=O) groups is 1. The third-order valence-corrected chi connectivity index (χ3v) is 5.84. The standard InChI is InChI=1S/C20H22N4OS/c1-14-7-8-17-18(13-14)26-20(22-17)24-11-9-23(10-12-24)19(25)21-16-6-4-3-5-15(16)2/h3-8,13H,9-12H2,1-2H3,(H,21,25). The fourth-order valence-electron chi connectivity index (χ4n) is 3.16. The molecule has 3 aromatic rings. The molecule has 0 spiro atoms. The number of nitrogens with zero attached hydrogens (tertiary/aromatic N) is 3. The third-order valence-electron chi connectivity index (χ3n) is 4.76. The molecule has 1 fully saturated rings. The van der Waals surface area contributed by atoms with Gasteiger partial charge in [0.15, 0.2) is 5.13 Å². The highest BCUT2D eigenvalue weighted by Crippen LogP contribution is 2.30. The Bertz CT molecular complexity index is 944. The van der Waals surface area contributed by atoms with E-state index in [0.717, 1.165) is 35.0 Å². The molecule has 2 heterocycles. The summed E-state index contributed by atoms with van der Waals surface area (Å²) in [5, 5.41) is 4.06. The summed E-state index contributed by atoms with van der Waals surface area (Å²) in [6.07, 6.45) is 0. The van der Waals surface area contributed by atoms with E-state index in [1.54, 1.807) is 11.3 Å². The SMILES string of the molecule is Cc1ccc2nc(N3CCN(C(=O)Nc4ccccc4C)CC3)sc2c1. The number of hydrogen-bond donors (Lipinski definition) is 1. The van der Waals surface area contributed by atoms with Gasteiger partial charge in [0.05, 0.1) is 10.2 Å². The van der Waals surface area contributed by atoms with Crippen molar-refractivity contribution in [1.29, 1.82) is 0 Å². The van der Waals surface area contributed by atoms with Gasteiger partial charge >= 0.3 is 6.03 Å². The maximum atomic E-state index is 12.5. The quantitative estimate of drug-likeness (QED) is 0.737. The molecule has 4 rings (SSSR count). The van der Waals surface area contributed by atoms with Gasteiger partial charge in [-0.25, -0.2) is 9.78 Å². The normalized spacial score (nSPS) is 14.7. The van der Waals surface area contributed by atoms with Gasteiger partial charge in [-0.15, -0.1) is 0 Å². The van der Waals surface area contributed by atoms with Crippen LogP contribution in [0, 0.1) is 13.8 Å². The van der Waals surface area contributed by atoms with Crippen LogP contribution >= 0.6 is 11.3 Å². The van der Waals surface area contributed by atoms with Crippen LogP contribution in [0.5, 0.6) is 0 Å². The van der Waals surface area contributed by atoms with Crippen molar-refractivity contribution in [3.05, 3.63) is 53.6 Å². The van der Waals surface area contributed by atoms with Crippen LogP contribution < -0.4 is 10.2 Å². The molecule has 0 unspecified atom stereocenters. The number of carbonyl (C=O) groups excluding carboxylic acids is 1. The van der Waals surface area contributed by atoms with Crippen molar-refractivity contribution in [3.8, 4) is 0 Å². The molecule has 2 amide bonds. The summed E-state index contributed by atoms with van der Waals surface area (Å²) < 4.78 is 1.22. The molecular weight excluding hydrogens is 344 g/mol. The van der Waals surface area contributed by atoms with E-state index >= 15 is 0 Å². The highest BCUT2D eigenvalue weighted by atomic mass is 32.1. The molecular formula is C20H22N4OS. The number of amides is 2. The second-order valence-corrected chi connectivity index (χ2v) is 7.70. The zero-order valence-corrected chi connectivity index (χ0v) is 15.8. The lowest BCUT2D eigenvalue weighted by molar-refractivity contribution is 0.208. The second kappa shape index (κ2) is 6.96. The smallest absolute Gasteiger partial charge is 0.321 e. The van der Waals surface area contributed by atoms with Crippen molar-refractivity contribution in [1.82, 2.24) is 9.88 Å². The Labute approximate surface area is 157 Å². The monoisotopic (exact) mass is 366 g/mol. The van der Waals surface area contributed by atoms with Crippen LogP contribution in [0.1, 0.15) is 11.1 Å². The van der Waals surface area contributed by atoms with Gasteiger partial charge < -0.3 is 15.1 Å². The van der Waals surface area contributed by atoms with Gasteiger partial charge in [-0.2, -0.15) is 0 Å². The minimum Gasteiger partial charge on any atom is -0.345 e. The average Bonchev–Trinajstić information content (AvgIpc) is 3.07. The van der Waals surface area contributed by atoms with Crippen molar-refractivity contribution in [2.24, 2.45) is 0 Å². The lowest BCUT2D eigenvalue weighted by Crippen LogP contribution is -2.50. The van der Waals surface area contributed by atoms with Crippen LogP contribution in [0.2, 0.25) is 0 Å². The fourth-order valence-corrected chi connectivity index (χ4v) is 4.28. The zero-order valence-electron chi connectivity index (χ0n) is 15.0. The lowest BCUT2D eigenvalue weighted by atomic mass is 10.2. The topological polar surface area (TPSA) is 48.5 Å². The molecule has 1 N–H and O–H groups in total. The largest absolute Gasteiger partial charge is 0.345 e. The first kappa shape index (κ1) is 16.8. The summed E-state index contributed by atoms with van der Waals surface area (Å²) in [6.45, 7) is 7.12. The molecule has 2 aromatic carbocycles. The molecule has 1 aromatic heterocycles. The molecule has 5 nitrogen and oxygen atoms in total. The molecule has 26 heavy (non-hydrogen) atoms. The molecule has 0 atom stereocenters. The molecule has 1 saturated heterocycles. The number of aryl methyl sites for hydroxylation is 2. The zero-order chi connectivity index (χ0) is 18.1. The number of rotatable bonds is 2. The number of urea groups is 1. The van der Waals surface area contributed by atoms with E-state index in [0.29, 0.717) is 13.1 Å². The summed E-state index contributed by atoms with van der Waals surface area (Å²) in [4.78, 5) is 21.4. The summed E-state index contributed by atoms with van der Waals surface area (Å²) in [5.74, 6) is 0. The van der Waals surface area contributed by atoms with E-state index in [1.165, 1.54) is 10.3 Å². The van der Waals surface area contributed by atoms with Crippen LogP contribution in [-0.4, -0.2) is 42.1 Å². The molecule has 1 aliphatic heterocycles. The highest BCUT2D eigenvalue weighted by molar-refractivity contribution is 7.22. The number of piperazine rings is 1. The number of fused-ring (bicyclic) bond motifs is 1. The molecule has 0 bridgehead atoms. The molecule has 0 aliphatic carbocycles. The Morgan fingerprint density at radius 2 is 1.85 bits per heavy atom. The number of benzene rings is 2. The van der Waals surface area contributed by atoms with Gasteiger partial charge in [0.2, 0.25) is 0 Å². The van der Waals surface area contributed by atoms with Crippen molar-refractivity contribution < 1.29 is 4.79 Å². The molecule has 1 aliphatic rings. The Balaban J connectivity index is 1.40. The molecule has 0 radical (unpaired) electrons. The van der Waals surface area contributed by atoms with Gasteiger partial charge in [-0.3, -0.25) is 0 Å². The number of thiazole rings is 1. The maximum Gasteiger partial charge on any atom is 0.321 e. The Hall–Kier alpha value is -2.60. The Kier molecular flexibility index (Phi) is 4.51. The van der Waals surface area contributed by atoms with Gasteiger partial charge in [0, 0.05) is 31.9 Å². The number of para-hydroxylation sites is 1. The minimum absolute atomic E-state index is 0.0288. The van der Waals surface area contributed by atoms with Crippen molar-refractivity contribution >= 4 is 38.4 Å². The number of aromatic nitrogens is 1. The first-order valence-electron chi connectivity index (χ1n) is 8.84. The maximum absolute atomic E-state index is 12.5. The first-order chi connectivity index (χ1) is 12.6. The predicted molar refractivity (Wildman–Crippen MR) is 108 cm³/mol. The molecule has 0 saturated carbocycles. The molecule has 6 heteroatoms. The summed E-state index contributed by atoms with van der Waals surface area (Å²) >= 11 is 1.73. The van der Waals surface area contributed by atoms with Crippen LogP contribution in [-0.2, 0) is 0 Å². The van der Waals surface area contributed by atoms with E-state index in [-0.39, 0.29) is 6.03 Å². The van der Waals surface area contributed by atoms with Crippen LogP contribution in [0.3, 0.4) is 0 Å². The van der Waals surface area contributed by atoms with Crippen LogP contribution in [0.15, 0.2) is 42.5 Å². The van der Waals surface area contributed by atoms with E-state index in [9.17, 15) is 4.79 Å². The minimum atomic E-state index is -0.0288. The van der Waals surface area contributed by atoms with Crippen molar-refractivity contribution in [2.75, 3.05) is 36.4 Å². The van der Waals surface area contributed by atoms with E-state index in [2.05, 4.69) is 35.3 Å². The van der Waals surface area contributed by atoms with Crippen molar-refractivity contribution in [3.63, 3.8) is 0 Å². The Morgan fingerprint density at radius 1 is 1.08 bits per heavy atom. The fraction of sp³-hybridized carbons (Fsp3) is 0.300. The highest BCUT2D eigenvalue weighted by Gasteiger charge is 2.23. The molecule has 134 valence electrons. The second-order valence-electron chi connectivity index (χ2n) is 6.69. The van der Waals surface area contributed by atoms with E-state index in [1.807, 2.05) is 36.1 Å². The summed E-state index contributed by atoms with van der Waals surface area (Å²) in [7, 11) is 0. The number of hydrogen-bond acceptors (Lipinski definition) is 4. The first-order valence-corrected chi connectivity index (χ1v) is 9.65. The lowest BCUT2D eigenvalue weighted by Gasteiger charge is -2.34. The van der Waals surface area contributed by atoms with Gasteiger partial charge in [0.25, 0.3) is 0 Å². The summed E-state index contributed by atoms with van der Waals surface area (Å²) in [5.41, 5.74) is 4.26. The van der Waals surface area contributed by atoms with E-state index < -0.39 is 0 Å². The van der Waals surface area contributed by atoms with E-state index in [4.69, 9.17) is 4.98 Å². The Morgan fingerprint density at radius 3 is 2.62 bits per heavy atom. The van der Waals surface area contributed by atoms with Crippen molar-refractivity contribution in [2.45, 2.75) is 13.8 Å². The number of anilines is 2.